The molecule has 2 aromatic rings. The first kappa shape index (κ1) is 26.7. The van der Waals surface area contributed by atoms with Crippen LogP contribution in [0.25, 0.3) is 11.3 Å². The molecule has 1 fully saturated rings. The highest BCUT2D eigenvalue weighted by molar-refractivity contribution is 7.89. The summed E-state index contributed by atoms with van der Waals surface area (Å²) in [6.07, 6.45) is 0. The normalized spacial score (nSPS) is 15.7. The van der Waals surface area contributed by atoms with Gasteiger partial charge < -0.3 is 0 Å². The minimum absolute atomic E-state index is 0. The van der Waals surface area contributed by atoms with Gasteiger partial charge in [0, 0.05) is 58.4 Å². The fourth-order valence-corrected chi connectivity index (χ4v) is 4.18. The van der Waals surface area contributed by atoms with Gasteiger partial charge in [0.05, 0.1) is 16.3 Å². The molecule has 0 unspecified atom stereocenters. The molecule has 1 aliphatic rings. The minimum atomic E-state index is -3.42. The second-order valence-electron chi connectivity index (χ2n) is 7.63. The SMILES string of the molecule is CC(C)N1CCN(Cc2ccc(-c3ccc(S(=O)(=O)N(C)C)cc3)nn2)CC1.Cl.Cl. The number of hydrogen-bond donors (Lipinski definition) is 0. The van der Waals surface area contributed by atoms with Crippen LogP contribution in [0, 0.1) is 0 Å². The van der Waals surface area contributed by atoms with Crippen LogP contribution in [0.4, 0.5) is 0 Å². The van der Waals surface area contributed by atoms with Gasteiger partial charge in [0.15, 0.2) is 0 Å². The van der Waals surface area contributed by atoms with Crippen molar-refractivity contribution in [2.75, 3.05) is 40.3 Å². The van der Waals surface area contributed by atoms with Crippen LogP contribution in [0.2, 0.25) is 0 Å². The molecule has 0 radical (unpaired) electrons. The number of halogens is 2. The lowest BCUT2D eigenvalue weighted by atomic mass is 10.1. The Hall–Kier alpha value is -1.29. The Labute approximate surface area is 192 Å². The molecule has 1 aromatic heterocycles. The Bertz CT molecular complexity index is 882. The molecule has 0 aliphatic carbocycles. The largest absolute Gasteiger partial charge is 0.298 e. The molecule has 0 N–H and O–H groups in total. The topological polar surface area (TPSA) is 69.6 Å². The highest BCUT2D eigenvalue weighted by Gasteiger charge is 2.19. The molecular weight excluding hydrogens is 445 g/mol. The van der Waals surface area contributed by atoms with E-state index in [1.54, 1.807) is 24.3 Å². The third-order valence-electron chi connectivity index (χ3n) is 5.17. The molecular formula is C20H31Cl2N5O2S. The van der Waals surface area contributed by atoms with Gasteiger partial charge in [-0.1, -0.05) is 12.1 Å². The lowest BCUT2D eigenvalue weighted by molar-refractivity contribution is 0.103. The number of piperazine rings is 1. The van der Waals surface area contributed by atoms with E-state index in [0.717, 1.165) is 49.7 Å². The van der Waals surface area contributed by atoms with E-state index in [-0.39, 0.29) is 29.7 Å². The van der Waals surface area contributed by atoms with Gasteiger partial charge in [0.1, 0.15) is 0 Å². The first-order valence-electron chi connectivity index (χ1n) is 9.59. The Morgan fingerprint density at radius 3 is 2.00 bits per heavy atom. The molecule has 0 bridgehead atoms. The van der Waals surface area contributed by atoms with E-state index in [1.807, 2.05) is 12.1 Å². The predicted molar refractivity (Wildman–Crippen MR) is 125 cm³/mol. The van der Waals surface area contributed by atoms with Gasteiger partial charge >= 0.3 is 0 Å². The second-order valence-corrected chi connectivity index (χ2v) is 9.78. The fourth-order valence-electron chi connectivity index (χ4n) is 3.27. The van der Waals surface area contributed by atoms with Crippen LogP contribution in [0.15, 0.2) is 41.3 Å². The lowest BCUT2D eigenvalue weighted by Gasteiger charge is -2.36. The standard InChI is InChI=1S/C20H29N5O2S.2ClH/c1-16(2)25-13-11-24(12-14-25)15-18-7-10-20(22-21-18)17-5-8-19(9-6-17)28(26,27)23(3)4;;/h5-10,16H,11-15H2,1-4H3;2*1H. The van der Waals surface area contributed by atoms with Crippen LogP contribution in [-0.4, -0.2) is 79.0 Å². The van der Waals surface area contributed by atoms with Gasteiger partial charge in [-0.15, -0.1) is 24.8 Å². The van der Waals surface area contributed by atoms with Gasteiger partial charge in [-0.3, -0.25) is 9.80 Å². The maximum absolute atomic E-state index is 12.2. The number of aromatic nitrogens is 2. The van der Waals surface area contributed by atoms with Gasteiger partial charge in [0.2, 0.25) is 10.0 Å². The molecule has 2 heterocycles. The molecule has 0 spiro atoms. The van der Waals surface area contributed by atoms with Gasteiger partial charge in [-0.05, 0) is 38.1 Å². The lowest BCUT2D eigenvalue weighted by Crippen LogP contribution is -2.48. The molecule has 1 aliphatic heterocycles. The summed E-state index contributed by atoms with van der Waals surface area (Å²) >= 11 is 0. The summed E-state index contributed by atoms with van der Waals surface area (Å²) in [5.74, 6) is 0. The number of nitrogens with zero attached hydrogens (tertiary/aromatic N) is 5. The van der Waals surface area contributed by atoms with E-state index in [4.69, 9.17) is 0 Å². The predicted octanol–water partition coefficient (Wildman–Crippen LogP) is 2.76. The van der Waals surface area contributed by atoms with Crippen molar-refractivity contribution in [1.82, 2.24) is 24.3 Å². The Morgan fingerprint density at radius 2 is 1.53 bits per heavy atom. The number of sulfonamides is 1. The van der Waals surface area contributed by atoms with Crippen LogP contribution in [0.1, 0.15) is 19.5 Å². The van der Waals surface area contributed by atoms with Crippen LogP contribution >= 0.6 is 24.8 Å². The minimum Gasteiger partial charge on any atom is -0.298 e. The molecule has 7 nitrogen and oxygen atoms in total. The van der Waals surface area contributed by atoms with Crippen LogP contribution in [0.3, 0.4) is 0 Å². The van der Waals surface area contributed by atoms with Crippen LogP contribution in [-0.2, 0) is 16.6 Å². The van der Waals surface area contributed by atoms with E-state index in [1.165, 1.54) is 18.4 Å². The summed E-state index contributed by atoms with van der Waals surface area (Å²) in [5, 5.41) is 8.71. The smallest absolute Gasteiger partial charge is 0.242 e. The quantitative estimate of drug-likeness (QED) is 0.639. The summed E-state index contributed by atoms with van der Waals surface area (Å²) in [5.41, 5.74) is 2.54. The van der Waals surface area contributed by atoms with Gasteiger partial charge in [-0.25, -0.2) is 12.7 Å². The van der Waals surface area contributed by atoms with Crippen molar-refractivity contribution in [2.24, 2.45) is 0 Å². The molecule has 30 heavy (non-hydrogen) atoms. The summed E-state index contributed by atoms with van der Waals surface area (Å²) in [6.45, 7) is 9.55. The molecule has 0 saturated carbocycles. The zero-order valence-corrected chi connectivity index (χ0v) is 20.3. The van der Waals surface area contributed by atoms with Crippen molar-refractivity contribution in [1.29, 1.82) is 0 Å². The van der Waals surface area contributed by atoms with Crippen LogP contribution in [0.5, 0.6) is 0 Å². The van der Waals surface area contributed by atoms with E-state index in [2.05, 4.69) is 33.8 Å². The Balaban J connectivity index is 0.00000225. The van der Waals surface area contributed by atoms with Crippen LogP contribution < -0.4 is 0 Å². The number of hydrogen-bond acceptors (Lipinski definition) is 6. The fraction of sp³-hybridized carbons (Fsp3) is 0.500. The van der Waals surface area contributed by atoms with E-state index < -0.39 is 10.0 Å². The van der Waals surface area contributed by atoms with Crippen molar-refractivity contribution in [3.8, 4) is 11.3 Å². The summed E-state index contributed by atoms with van der Waals surface area (Å²) in [6, 6.07) is 11.3. The first-order valence-corrected chi connectivity index (χ1v) is 11.0. The highest BCUT2D eigenvalue weighted by Crippen LogP contribution is 2.21. The molecule has 3 rings (SSSR count). The van der Waals surface area contributed by atoms with Crippen molar-refractivity contribution >= 4 is 34.8 Å². The van der Waals surface area contributed by atoms with Gasteiger partial charge in [-0.2, -0.15) is 10.2 Å². The Morgan fingerprint density at radius 1 is 0.933 bits per heavy atom. The molecule has 168 valence electrons. The maximum Gasteiger partial charge on any atom is 0.242 e. The average molecular weight is 476 g/mol. The maximum atomic E-state index is 12.2. The molecule has 10 heteroatoms. The third kappa shape index (κ3) is 6.35. The molecule has 0 atom stereocenters. The van der Waals surface area contributed by atoms with Crippen molar-refractivity contribution in [2.45, 2.75) is 31.3 Å². The highest BCUT2D eigenvalue weighted by atomic mass is 35.5. The third-order valence-corrected chi connectivity index (χ3v) is 7.00. The van der Waals surface area contributed by atoms with Gasteiger partial charge in [0.25, 0.3) is 0 Å². The first-order chi connectivity index (χ1) is 13.3. The van der Waals surface area contributed by atoms with E-state index >= 15 is 0 Å². The van der Waals surface area contributed by atoms with E-state index in [9.17, 15) is 8.42 Å². The molecule has 1 saturated heterocycles. The zero-order valence-electron chi connectivity index (χ0n) is 17.9. The second kappa shape index (κ2) is 11.4. The van der Waals surface area contributed by atoms with Crippen molar-refractivity contribution in [3.05, 3.63) is 42.1 Å². The monoisotopic (exact) mass is 475 g/mol. The average Bonchev–Trinajstić information content (AvgIpc) is 2.69. The zero-order chi connectivity index (χ0) is 20.3. The van der Waals surface area contributed by atoms with Crippen molar-refractivity contribution in [3.63, 3.8) is 0 Å². The molecule has 0 amide bonds. The molecule has 1 aromatic carbocycles. The summed E-state index contributed by atoms with van der Waals surface area (Å²) in [4.78, 5) is 5.17. The Kier molecular flexibility index (Phi) is 10.1. The number of benzene rings is 1. The number of rotatable bonds is 6. The summed E-state index contributed by atoms with van der Waals surface area (Å²) < 4.78 is 25.5. The summed E-state index contributed by atoms with van der Waals surface area (Å²) in [7, 11) is -0.372. The van der Waals surface area contributed by atoms with Crippen molar-refractivity contribution < 1.29 is 8.42 Å². The van der Waals surface area contributed by atoms with E-state index in [0.29, 0.717) is 6.04 Å².